The van der Waals surface area contributed by atoms with Crippen LogP contribution in [0.1, 0.15) is 37.0 Å². The standard InChI is InChI=1S/C19H20N2O2/c1-3-15(4-2)20-19(22)14-10-11-17-16(12-14)18(23-21-17)13-8-6-5-7-9-13/h5-12,15H,3-4H2,1-2H3,(H,20,22). The van der Waals surface area contributed by atoms with Crippen molar-refractivity contribution in [3.05, 3.63) is 54.1 Å². The summed E-state index contributed by atoms with van der Waals surface area (Å²) in [6.07, 6.45) is 1.85. The first kappa shape index (κ1) is 15.3. The molecule has 1 amide bonds. The number of hydrogen-bond acceptors (Lipinski definition) is 3. The molecule has 4 nitrogen and oxygen atoms in total. The van der Waals surface area contributed by atoms with Crippen LogP contribution in [0.15, 0.2) is 53.1 Å². The van der Waals surface area contributed by atoms with Crippen molar-refractivity contribution in [1.29, 1.82) is 0 Å². The van der Waals surface area contributed by atoms with Crippen LogP contribution in [0.25, 0.3) is 22.2 Å². The van der Waals surface area contributed by atoms with Gasteiger partial charge in [0.2, 0.25) is 0 Å². The van der Waals surface area contributed by atoms with Gasteiger partial charge in [-0.2, -0.15) is 0 Å². The minimum absolute atomic E-state index is 0.0548. The van der Waals surface area contributed by atoms with Crippen molar-refractivity contribution in [2.75, 3.05) is 0 Å². The molecule has 23 heavy (non-hydrogen) atoms. The van der Waals surface area contributed by atoms with Crippen molar-refractivity contribution >= 4 is 16.8 Å². The molecule has 3 aromatic rings. The smallest absolute Gasteiger partial charge is 0.251 e. The van der Waals surface area contributed by atoms with E-state index in [9.17, 15) is 4.79 Å². The Morgan fingerprint density at radius 1 is 1.13 bits per heavy atom. The minimum atomic E-state index is -0.0548. The molecule has 0 radical (unpaired) electrons. The SMILES string of the molecule is CCC(CC)NC(=O)c1ccc2noc(-c3ccccc3)c2c1. The molecule has 0 aliphatic rings. The first-order valence-corrected chi connectivity index (χ1v) is 7.98. The lowest BCUT2D eigenvalue weighted by atomic mass is 10.1. The van der Waals surface area contributed by atoms with Gasteiger partial charge >= 0.3 is 0 Å². The van der Waals surface area contributed by atoms with Gasteiger partial charge in [-0.05, 0) is 31.0 Å². The van der Waals surface area contributed by atoms with E-state index in [0.717, 1.165) is 29.3 Å². The highest BCUT2D eigenvalue weighted by Crippen LogP contribution is 2.29. The number of nitrogens with one attached hydrogen (secondary N) is 1. The predicted octanol–water partition coefficient (Wildman–Crippen LogP) is 4.41. The average molecular weight is 308 g/mol. The van der Waals surface area contributed by atoms with E-state index < -0.39 is 0 Å². The quantitative estimate of drug-likeness (QED) is 0.759. The van der Waals surface area contributed by atoms with Gasteiger partial charge < -0.3 is 9.84 Å². The Kier molecular flexibility index (Phi) is 4.42. The Morgan fingerprint density at radius 3 is 2.57 bits per heavy atom. The molecule has 118 valence electrons. The summed E-state index contributed by atoms with van der Waals surface area (Å²) in [6.45, 7) is 4.15. The van der Waals surface area contributed by atoms with E-state index >= 15 is 0 Å². The molecule has 0 aliphatic heterocycles. The Hall–Kier alpha value is -2.62. The fraction of sp³-hybridized carbons (Fsp3) is 0.263. The maximum atomic E-state index is 12.4. The molecule has 2 aromatic carbocycles. The maximum Gasteiger partial charge on any atom is 0.251 e. The molecule has 1 N–H and O–H groups in total. The summed E-state index contributed by atoms with van der Waals surface area (Å²) in [6, 6.07) is 15.5. The lowest BCUT2D eigenvalue weighted by molar-refractivity contribution is 0.0935. The number of benzene rings is 2. The lowest BCUT2D eigenvalue weighted by Gasteiger charge is -2.14. The number of amides is 1. The molecular weight excluding hydrogens is 288 g/mol. The summed E-state index contributed by atoms with van der Waals surface area (Å²) in [5.74, 6) is 0.638. The summed E-state index contributed by atoms with van der Waals surface area (Å²) >= 11 is 0. The normalized spacial score (nSPS) is 11.1. The largest absolute Gasteiger partial charge is 0.355 e. The van der Waals surface area contributed by atoms with Crippen LogP contribution in [0.3, 0.4) is 0 Å². The van der Waals surface area contributed by atoms with Gasteiger partial charge in [0.05, 0.1) is 5.39 Å². The Morgan fingerprint density at radius 2 is 1.87 bits per heavy atom. The molecule has 0 bridgehead atoms. The van der Waals surface area contributed by atoms with E-state index in [-0.39, 0.29) is 11.9 Å². The van der Waals surface area contributed by atoms with E-state index in [1.165, 1.54) is 0 Å². The summed E-state index contributed by atoms with van der Waals surface area (Å²) < 4.78 is 5.48. The Balaban J connectivity index is 1.96. The number of nitrogens with zero attached hydrogens (tertiary/aromatic N) is 1. The average Bonchev–Trinajstić information content (AvgIpc) is 3.03. The van der Waals surface area contributed by atoms with Gasteiger partial charge in [-0.15, -0.1) is 0 Å². The van der Waals surface area contributed by atoms with Gasteiger partial charge in [0.1, 0.15) is 5.52 Å². The fourth-order valence-electron chi connectivity index (χ4n) is 2.64. The van der Waals surface area contributed by atoms with E-state index in [1.54, 1.807) is 6.07 Å². The number of aromatic nitrogens is 1. The third-order valence-corrected chi connectivity index (χ3v) is 4.10. The highest BCUT2D eigenvalue weighted by molar-refractivity contribution is 6.01. The zero-order chi connectivity index (χ0) is 16.2. The number of rotatable bonds is 5. The van der Waals surface area contributed by atoms with Gasteiger partial charge in [0.15, 0.2) is 5.76 Å². The van der Waals surface area contributed by atoms with E-state index in [1.807, 2.05) is 42.5 Å². The third-order valence-electron chi connectivity index (χ3n) is 4.10. The predicted molar refractivity (Wildman–Crippen MR) is 91.3 cm³/mol. The molecular formula is C19H20N2O2. The second kappa shape index (κ2) is 6.65. The first-order valence-electron chi connectivity index (χ1n) is 7.98. The highest BCUT2D eigenvalue weighted by atomic mass is 16.5. The highest BCUT2D eigenvalue weighted by Gasteiger charge is 2.15. The van der Waals surface area contributed by atoms with Crippen LogP contribution in [0.5, 0.6) is 0 Å². The molecule has 4 heteroatoms. The molecule has 0 aliphatic carbocycles. The van der Waals surface area contributed by atoms with Crippen LogP contribution in [-0.4, -0.2) is 17.1 Å². The zero-order valence-corrected chi connectivity index (χ0v) is 13.4. The summed E-state index contributed by atoms with van der Waals surface area (Å²) in [4.78, 5) is 12.4. The second-order valence-corrected chi connectivity index (χ2v) is 5.60. The van der Waals surface area contributed by atoms with Crippen molar-refractivity contribution in [2.45, 2.75) is 32.7 Å². The van der Waals surface area contributed by atoms with Crippen LogP contribution in [0, 0.1) is 0 Å². The molecule has 3 rings (SSSR count). The molecule has 0 saturated carbocycles. The van der Waals surface area contributed by atoms with Gasteiger partial charge in [-0.1, -0.05) is 49.3 Å². The summed E-state index contributed by atoms with van der Waals surface area (Å²) in [7, 11) is 0. The van der Waals surface area contributed by atoms with Crippen LogP contribution in [0.2, 0.25) is 0 Å². The molecule has 0 spiro atoms. The van der Waals surface area contributed by atoms with Gasteiger partial charge in [-0.3, -0.25) is 4.79 Å². The minimum Gasteiger partial charge on any atom is -0.355 e. The Bertz CT molecular complexity index is 805. The topological polar surface area (TPSA) is 55.1 Å². The van der Waals surface area contributed by atoms with E-state index in [0.29, 0.717) is 11.3 Å². The van der Waals surface area contributed by atoms with Crippen LogP contribution < -0.4 is 5.32 Å². The van der Waals surface area contributed by atoms with Crippen LogP contribution in [-0.2, 0) is 0 Å². The van der Waals surface area contributed by atoms with Crippen LogP contribution >= 0.6 is 0 Å². The van der Waals surface area contributed by atoms with Gasteiger partial charge in [-0.25, -0.2) is 0 Å². The van der Waals surface area contributed by atoms with Gasteiger partial charge in [0, 0.05) is 17.2 Å². The number of hydrogen-bond donors (Lipinski definition) is 1. The monoisotopic (exact) mass is 308 g/mol. The molecule has 0 saturated heterocycles. The van der Waals surface area contributed by atoms with E-state index in [4.69, 9.17) is 4.52 Å². The lowest BCUT2D eigenvalue weighted by Crippen LogP contribution is -2.33. The molecule has 1 aromatic heterocycles. The number of carbonyl (C=O) groups excluding carboxylic acids is 1. The third kappa shape index (κ3) is 3.11. The van der Waals surface area contributed by atoms with Crippen LogP contribution in [0.4, 0.5) is 0 Å². The summed E-state index contributed by atoms with van der Waals surface area (Å²) in [5, 5.41) is 8.00. The molecule has 0 atom stereocenters. The maximum absolute atomic E-state index is 12.4. The van der Waals surface area contributed by atoms with E-state index in [2.05, 4.69) is 24.3 Å². The number of fused-ring (bicyclic) bond motifs is 1. The molecule has 1 heterocycles. The fourth-order valence-corrected chi connectivity index (χ4v) is 2.64. The van der Waals surface area contributed by atoms with Crippen molar-refractivity contribution in [3.63, 3.8) is 0 Å². The Labute approximate surface area is 135 Å². The van der Waals surface area contributed by atoms with Crippen molar-refractivity contribution < 1.29 is 9.32 Å². The number of carbonyl (C=O) groups is 1. The summed E-state index contributed by atoms with van der Waals surface area (Å²) in [5.41, 5.74) is 2.33. The zero-order valence-electron chi connectivity index (χ0n) is 13.4. The van der Waals surface area contributed by atoms with Crippen molar-refractivity contribution in [2.24, 2.45) is 0 Å². The van der Waals surface area contributed by atoms with Gasteiger partial charge in [0.25, 0.3) is 5.91 Å². The molecule has 0 fully saturated rings. The first-order chi connectivity index (χ1) is 11.2. The second-order valence-electron chi connectivity index (χ2n) is 5.60. The molecule has 0 unspecified atom stereocenters. The van der Waals surface area contributed by atoms with Crippen molar-refractivity contribution in [3.8, 4) is 11.3 Å². The van der Waals surface area contributed by atoms with Crippen molar-refractivity contribution in [1.82, 2.24) is 10.5 Å².